The van der Waals surface area contributed by atoms with Gasteiger partial charge >= 0.3 is 0 Å². The molecular formula is C12H9F2NO2. The van der Waals surface area contributed by atoms with Crippen LogP contribution in [0.3, 0.4) is 0 Å². The molecule has 88 valence electrons. The van der Waals surface area contributed by atoms with E-state index in [9.17, 15) is 13.6 Å². The van der Waals surface area contributed by atoms with Crippen LogP contribution < -0.4 is 4.74 Å². The Hall–Kier alpha value is -2.04. The smallest absolute Gasteiger partial charge is 0.221 e. The van der Waals surface area contributed by atoms with Gasteiger partial charge in [-0.2, -0.15) is 0 Å². The average molecular weight is 237 g/mol. The number of methoxy groups -OCH3 is 1. The second-order valence-corrected chi connectivity index (χ2v) is 3.55. The third-order valence-electron chi connectivity index (χ3n) is 2.46. The van der Waals surface area contributed by atoms with Crippen LogP contribution in [0, 0.1) is 11.6 Å². The summed E-state index contributed by atoms with van der Waals surface area (Å²) in [5, 5.41) is 0.572. The maximum atomic E-state index is 13.2. The normalized spacial score (nSPS) is 10.6. The van der Waals surface area contributed by atoms with E-state index >= 15 is 0 Å². The minimum atomic E-state index is -1.01. The minimum Gasteiger partial charge on any atom is -0.481 e. The lowest BCUT2D eigenvalue weighted by Gasteiger charge is -2.08. The summed E-state index contributed by atoms with van der Waals surface area (Å²) >= 11 is 0. The van der Waals surface area contributed by atoms with Gasteiger partial charge in [-0.05, 0) is 19.1 Å². The number of hydrogen-bond acceptors (Lipinski definition) is 3. The second kappa shape index (κ2) is 4.08. The summed E-state index contributed by atoms with van der Waals surface area (Å²) in [5.41, 5.74) is 0.236. The van der Waals surface area contributed by atoms with Crippen molar-refractivity contribution < 1.29 is 18.3 Å². The standard InChI is InChI=1S/C12H9F2NO2/c1-6(16)9-5-15-12(17-2)8-4-11(14)10(13)3-7(8)9/h3-5H,1-2H3. The summed E-state index contributed by atoms with van der Waals surface area (Å²) in [4.78, 5) is 15.2. The maximum absolute atomic E-state index is 13.2. The number of rotatable bonds is 2. The Morgan fingerprint density at radius 1 is 1.24 bits per heavy atom. The maximum Gasteiger partial charge on any atom is 0.221 e. The van der Waals surface area contributed by atoms with Crippen LogP contribution in [0.4, 0.5) is 8.78 Å². The van der Waals surface area contributed by atoms with Gasteiger partial charge in [0.05, 0.1) is 7.11 Å². The van der Waals surface area contributed by atoms with Crippen LogP contribution in [-0.4, -0.2) is 17.9 Å². The molecule has 0 amide bonds. The van der Waals surface area contributed by atoms with Crippen molar-refractivity contribution in [3.05, 3.63) is 35.5 Å². The van der Waals surface area contributed by atoms with Gasteiger partial charge in [-0.3, -0.25) is 4.79 Å². The molecule has 0 spiro atoms. The van der Waals surface area contributed by atoms with Crippen LogP contribution in [0.25, 0.3) is 10.8 Å². The molecule has 1 aromatic carbocycles. The zero-order valence-corrected chi connectivity index (χ0v) is 9.25. The molecule has 0 saturated heterocycles. The molecule has 0 fully saturated rings. The molecule has 0 aliphatic rings. The summed E-state index contributed by atoms with van der Waals surface area (Å²) in [6.45, 7) is 1.34. The largest absolute Gasteiger partial charge is 0.481 e. The molecule has 3 nitrogen and oxygen atoms in total. The number of carbonyl (C=O) groups excluding carboxylic acids is 1. The van der Waals surface area contributed by atoms with Crippen molar-refractivity contribution in [1.82, 2.24) is 4.98 Å². The van der Waals surface area contributed by atoms with Crippen molar-refractivity contribution in [1.29, 1.82) is 0 Å². The van der Waals surface area contributed by atoms with E-state index in [1.54, 1.807) is 0 Å². The van der Waals surface area contributed by atoms with Crippen LogP contribution in [0.2, 0.25) is 0 Å². The number of hydrogen-bond donors (Lipinski definition) is 0. The minimum absolute atomic E-state index is 0.156. The van der Waals surface area contributed by atoms with Gasteiger partial charge in [0, 0.05) is 22.5 Å². The Morgan fingerprint density at radius 2 is 1.82 bits per heavy atom. The molecule has 2 aromatic rings. The van der Waals surface area contributed by atoms with Crippen LogP contribution in [0.5, 0.6) is 5.88 Å². The highest BCUT2D eigenvalue weighted by molar-refractivity contribution is 6.07. The summed E-state index contributed by atoms with van der Waals surface area (Å²) in [5.74, 6) is -2.12. The first-order valence-corrected chi connectivity index (χ1v) is 4.87. The van der Waals surface area contributed by atoms with Crippen LogP contribution in [-0.2, 0) is 0 Å². The lowest BCUT2D eigenvalue weighted by Crippen LogP contribution is -1.99. The first kappa shape index (κ1) is 11.4. The molecular weight excluding hydrogens is 228 g/mol. The van der Waals surface area contributed by atoms with Gasteiger partial charge in [0.2, 0.25) is 5.88 Å². The third-order valence-corrected chi connectivity index (χ3v) is 2.46. The van der Waals surface area contributed by atoms with Crippen LogP contribution >= 0.6 is 0 Å². The number of halogens is 2. The Kier molecular flexibility index (Phi) is 2.75. The Morgan fingerprint density at radius 3 is 2.35 bits per heavy atom. The number of ketones is 1. The Balaban J connectivity index is 2.90. The highest BCUT2D eigenvalue weighted by Crippen LogP contribution is 2.28. The monoisotopic (exact) mass is 237 g/mol. The van der Waals surface area contributed by atoms with E-state index in [0.29, 0.717) is 5.39 Å². The van der Waals surface area contributed by atoms with Crippen molar-refractivity contribution >= 4 is 16.6 Å². The molecule has 2 rings (SSSR count). The summed E-state index contributed by atoms with van der Waals surface area (Å²) < 4.78 is 31.3. The van der Waals surface area contributed by atoms with Gasteiger partial charge in [-0.15, -0.1) is 0 Å². The van der Waals surface area contributed by atoms with Gasteiger partial charge in [0.1, 0.15) is 0 Å². The van der Waals surface area contributed by atoms with Crippen molar-refractivity contribution in [2.75, 3.05) is 7.11 Å². The highest BCUT2D eigenvalue weighted by atomic mass is 19.2. The fraction of sp³-hybridized carbons (Fsp3) is 0.167. The van der Waals surface area contributed by atoms with Crippen LogP contribution in [0.1, 0.15) is 17.3 Å². The van der Waals surface area contributed by atoms with Gasteiger partial charge < -0.3 is 4.74 Å². The third kappa shape index (κ3) is 1.84. The summed E-state index contributed by atoms with van der Waals surface area (Å²) in [6, 6.07) is 1.95. The van der Waals surface area contributed by atoms with Crippen molar-refractivity contribution in [2.45, 2.75) is 6.92 Å². The molecule has 1 heterocycles. The molecule has 0 radical (unpaired) electrons. The van der Waals surface area contributed by atoms with Gasteiger partial charge in [-0.1, -0.05) is 0 Å². The first-order chi connectivity index (χ1) is 8.04. The van der Waals surface area contributed by atoms with E-state index in [4.69, 9.17) is 4.74 Å². The van der Waals surface area contributed by atoms with E-state index in [1.807, 2.05) is 0 Å². The van der Waals surface area contributed by atoms with Gasteiger partial charge in [0.15, 0.2) is 17.4 Å². The molecule has 0 atom stereocenters. The fourth-order valence-electron chi connectivity index (χ4n) is 1.65. The van der Waals surface area contributed by atoms with E-state index in [1.165, 1.54) is 20.2 Å². The number of aromatic nitrogens is 1. The number of pyridine rings is 1. The average Bonchev–Trinajstić information content (AvgIpc) is 2.29. The number of ether oxygens (including phenoxy) is 1. The van der Waals surface area contributed by atoms with E-state index in [-0.39, 0.29) is 22.6 Å². The SMILES string of the molecule is COc1ncc(C(C)=O)c2cc(F)c(F)cc12. The summed E-state index contributed by atoms with van der Waals surface area (Å²) in [7, 11) is 1.37. The molecule has 5 heteroatoms. The molecule has 0 saturated carbocycles. The predicted molar refractivity (Wildman–Crippen MR) is 58.2 cm³/mol. The lowest BCUT2D eigenvalue weighted by molar-refractivity contribution is 0.101. The molecule has 0 aliphatic carbocycles. The fourth-order valence-corrected chi connectivity index (χ4v) is 1.65. The van der Waals surface area contributed by atoms with Gasteiger partial charge in [-0.25, -0.2) is 13.8 Å². The Labute approximate surface area is 96.0 Å². The molecule has 0 unspecified atom stereocenters. The molecule has 0 N–H and O–H groups in total. The summed E-state index contributed by atoms with van der Waals surface area (Å²) in [6.07, 6.45) is 1.29. The predicted octanol–water partition coefficient (Wildman–Crippen LogP) is 2.72. The first-order valence-electron chi connectivity index (χ1n) is 4.87. The van der Waals surface area contributed by atoms with Crippen molar-refractivity contribution in [3.8, 4) is 5.88 Å². The van der Waals surface area contributed by atoms with Gasteiger partial charge in [0.25, 0.3) is 0 Å². The topological polar surface area (TPSA) is 39.2 Å². The zero-order chi connectivity index (χ0) is 12.6. The van der Waals surface area contributed by atoms with Crippen molar-refractivity contribution in [2.24, 2.45) is 0 Å². The van der Waals surface area contributed by atoms with Crippen molar-refractivity contribution in [3.63, 3.8) is 0 Å². The highest BCUT2D eigenvalue weighted by Gasteiger charge is 2.14. The van der Waals surface area contributed by atoms with E-state index in [2.05, 4.69) is 4.98 Å². The van der Waals surface area contributed by atoms with E-state index < -0.39 is 11.6 Å². The number of benzene rings is 1. The second-order valence-electron chi connectivity index (χ2n) is 3.55. The molecule has 1 aromatic heterocycles. The number of nitrogens with zero attached hydrogens (tertiary/aromatic N) is 1. The molecule has 17 heavy (non-hydrogen) atoms. The van der Waals surface area contributed by atoms with Crippen LogP contribution in [0.15, 0.2) is 18.3 Å². The van der Waals surface area contributed by atoms with E-state index in [0.717, 1.165) is 12.1 Å². The number of carbonyl (C=O) groups is 1. The number of Topliss-reactive ketones (excluding diaryl/α,β-unsaturated/α-hetero) is 1. The number of fused-ring (bicyclic) bond motifs is 1. The molecule has 0 aliphatic heterocycles. The lowest BCUT2D eigenvalue weighted by atomic mass is 10.0. The Bertz CT molecular complexity index is 611. The quantitative estimate of drug-likeness (QED) is 0.754. The zero-order valence-electron chi connectivity index (χ0n) is 9.25. The molecule has 0 bridgehead atoms.